The van der Waals surface area contributed by atoms with Gasteiger partial charge in [-0.1, -0.05) is 60.5 Å². The van der Waals surface area contributed by atoms with E-state index in [4.69, 9.17) is 23.2 Å². The van der Waals surface area contributed by atoms with Crippen LogP contribution in [0.15, 0.2) is 71.6 Å². The summed E-state index contributed by atoms with van der Waals surface area (Å²) in [6, 6.07) is 17.4. The summed E-state index contributed by atoms with van der Waals surface area (Å²) in [6.45, 7) is 4.88. The van der Waals surface area contributed by atoms with Crippen molar-refractivity contribution in [1.82, 2.24) is 10.2 Å². The molecule has 38 heavy (non-hydrogen) atoms. The SMILES string of the molecule is CC[C@@H](C(=O)NC)N(Cc1c(Cl)cccc1Cl)C(=O)CN(c1cc(C)cc(C)c1)S(=O)(=O)c1ccccc1. The van der Waals surface area contributed by atoms with Gasteiger partial charge >= 0.3 is 0 Å². The van der Waals surface area contributed by atoms with Crippen LogP contribution in [0, 0.1) is 13.8 Å². The summed E-state index contributed by atoms with van der Waals surface area (Å²) >= 11 is 12.8. The second-order valence-corrected chi connectivity index (χ2v) is 11.6. The smallest absolute Gasteiger partial charge is 0.264 e. The molecule has 3 rings (SSSR count). The third-order valence-electron chi connectivity index (χ3n) is 6.13. The van der Waals surface area contributed by atoms with Crippen LogP contribution in [0.1, 0.15) is 30.0 Å². The molecule has 1 atom stereocenters. The number of carbonyl (C=O) groups excluding carboxylic acids is 2. The Kier molecular flexibility index (Phi) is 9.82. The molecule has 3 aromatic carbocycles. The molecule has 0 radical (unpaired) electrons. The Morgan fingerprint density at radius 1 is 0.921 bits per heavy atom. The number of halogens is 2. The Morgan fingerprint density at radius 2 is 1.50 bits per heavy atom. The van der Waals surface area contributed by atoms with E-state index >= 15 is 0 Å². The van der Waals surface area contributed by atoms with E-state index in [2.05, 4.69) is 5.32 Å². The first-order valence-corrected chi connectivity index (χ1v) is 14.3. The van der Waals surface area contributed by atoms with Gasteiger partial charge in [-0.05, 0) is 67.8 Å². The summed E-state index contributed by atoms with van der Waals surface area (Å²) in [6.07, 6.45) is 0.294. The van der Waals surface area contributed by atoms with Crippen molar-refractivity contribution in [2.24, 2.45) is 0 Å². The van der Waals surface area contributed by atoms with Gasteiger partial charge in [-0.25, -0.2) is 8.42 Å². The van der Waals surface area contributed by atoms with Crippen molar-refractivity contribution in [3.63, 3.8) is 0 Å². The van der Waals surface area contributed by atoms with Gasteiger partial charge in [0.15, 0.2) is 0 Å². The predicted molar refractivity (Wildman–Crippen MR) is 152 cm³/mol. The molecule has 0 aliphatic carbocycles. The van der Waals surface area contributed by atoms with Gasteiger partial charge in [0.1, 0.15) is 12.6 Å². The van der Waals surface area contributed by atoms with Crippen molar-refractivity contribution in [1.29, 1.82) is 0 Å². The zero-order valence-electron chi connectivity index (χ0n) is 21.7. The summed E-state index contributed by atoms with van der Waals surface area (Å²) in [5.74, 6) is -0.956. The number of carbonyl (C=O) groups is 2. The number of aryl methyl sites for hydroxylation is 2. The average Bonchev–Trinajstić information content (AvgIpc) is 2.88. The first kappa shape index (κ1) is 29.5. The summed E-state index contributed by atoms with van der Waals surface area (Å²) < 4.78 is 28.8. The molecule has 0 aliphatic heterocycles. The second-order valence-electron chi connectivity index (χ2n) is 8.93. The zero-order valence-corrected chi connectivity index (χ0v) is 24.1. The minimum atomic E-state index is -4.13. The van der Waals surface area contributed by atoms with Crippen molar-refractivity contribution in [3.05, 3.63) is 93.5 Å². The van der Waals surface area contributed by atoms with Crippen molar-refractivity contribution in [3.8, 4) is 0 Å². The lowest BCUT2D eigenvalue weighted by atomic mass is 10.1. The number of hydrogen-bond acceptors (Lipinski definition) is 4. The largest absolute Gasteiger partial charge is 0.357 e. The summed E-state index contributed by atoms with van der Waals surface area (Å²) in [5, 5.41) is 3.27. The Hall–Kier alpha value is -3.07. The number of benzene rings is 3. The van der Waals surface area contributed by atoms with Gasteiger partial charge in [0, 0.05) is 29.2 Å². The van der Waals surface area contributed by atoms with Crippen LogP contribution in [0.2, 0.25) is 10.0 Å². The first-order valence-electron chi connectivity index (χ1n) is 12.1. The molecule has 0 spiro atoms. The number of nitrogens with zero attached hydrogens (tertiary/aromatic N) is 2. The number of anilines is 1. The van der Waals surface area contributed by atoms with E-state index in [-0.39, 0.29) is 17.3 Å². The number of rotatable bonds is 10. The molecule has 0 aliphatic rings. The van der Waals surface area contributed by atoms with Crippen molar-refractivity contribution >= 4 is 50.7 Å². The van der Waals surface area contributed by atoms with Gasteiger partial charge in [0.05, 0.1) is 10.6 Å². The molecule has 0 unspecified atom stereocenters. The molecular formula is C28H31Cl2N3O4S. The number of hydrogen-bond donors (Lipinski definition) is 1. The molecule has 0 saturated carbocycles. The van der Waals surface area contributed by atoms with Gasteiger partial charge in [0.25, 0.3) is 10.0 Å². The average molecular weight is 577 g/mol. The standard InChI is InChI=1S/C28H31Cl2N3O4S/c1-5-26(28(35)31-4)32(17-23-24(29)12-9-13-25(23)30)27(34)18-33(21-15-19(2)14-20(3)16-21)38(36,37)22-10-7-6-8-11-22/h6-16,26H,5,17-18H2,1-4H3,(H,31,35)/t26-/m0/s1. The van der Waals surface area contributed by atoms with Gasteiger partial charge in [-0.15, -0.1) is 0 Å². The number of amides is 2. The Balaban J connectivity index is 2.12. The number of nitrogens with one attached hydrogen (secondary N) is 1. The van der Waals surface area contributed by atoms with E-state index in [0.717, 1.165) is 15.4 Å². The highest BCUT2D eigenvalue weighted by molar-refractivity contribution is 7.92. The number of sulfonamides is 1. The molecular weight excluding hydrogens is 545 g/mol. The van der Waals surface area contributed by atoms with Crippen LogP contribution in [0.5, 0.6) is 0 Å². The maximum Gasteiger partial charge on any atom is 0.264 e. The van der Waals surface area contributed by atoms with E-state index in [0.29, 0.717) is 27.7 Å². The zero-order chi connectivity index (χ0) is 28.0. The van der Waals surface area contributed by atoms with Crippen LogP contribution < -0.4 is 9.62 Å². The highest BCUT2D eigenvalue weighted by atomic mass is 35.5. The van der Waals surface area contributed by atoms with Crippen LogP contribution >= 0.6 is 23.2 Å². The van der Waals surface area contributed by atoms with Gasteiger partial charge < -0.3 is 10.2 Å². The van der Waals surface area contributed by atoms with E-state index in [1.165, 1.54) is 24.1 Å². The third-order valence-corrected chi connectivity index (χ3v) is 8.62. The highest BCUT2D eigenvalue weighted by Gasteiger charge is 2.34. The number of likely N-dealkylation sites (N-methyl/N-ethyl adjacent to an activating group) is 1. The topological polar surface area (TPSA) is 86.8 Å². The quantitative estimate of drug-likeness (QED) is 0.352. The fourth-order valence-electron chi connectivity index (χ4n) is 4.28. The Morgan fingerprint density at radius 3 is 2.03 bits per heavy atom. The molecule has 10 heteroatoms. The molecule has 7 nitrogen and oxygen atoms in total. The lowest BCUT2D eigenvalue weighted by Crippen LogP contribution is -2.51. The minimum absolute atomic E-state index is 0.0472. The maximum absolute atomic E-state index is 14.0. The van der Waals surface area contributed by atoms with Gasteiger partial charge in [0.2, 0.25) is 11.8 Å². The van der Waals surface area contributed by atoms with Gasteiger partial charge in [-0.2, -0.15) is 0 Å². The molecule has 202 valence electrons. The first-order chi connectivity index (χ1) is 18.0. The van der Waals surface area contributed by atoms with E-state index in [9.17, 15) is 18.0 Å². The highest BCUT2D eigenvalue weighted by Crippen LogP contribution is 2.29. The molecule has 0 saturated heterocycles. The Bertz CT molecular complexity index is 1370. The van der Waals surface area contributed by atoms with E-state index < -0.39 is 28.5 Å². The summed E-state index contributed by atoms with van der Waals surface area (Å²) in [7, 11) is -2.65. The summed E-state index contributed by atoms with van der Waals surface area (Å²) in [4.78, 5) is 28.2. The van der Waals surface area contributed by atoms with Crippen LogP contribution in [-0.4, -0.2) is 44.8 Å². The van der Waals surface area contributed by atoms with Crippen molar-refractivity contribution < 1.29 is 18.0 Å². The van der Waals surface area contributed by atoms with E-state index in [1.807, 2.05) is 19.9 Å². The molecule has 0 bridgehead atoms. The molecule has 3 aromatic rings. The van der Waals surface area contributed by atoms with Crippen LogP contribution in [0.4, 0.5) is 5.69 Å². The van der Waals surface area contributed by atoms with Crippen LogP contribution in [-0.2, 0) is 26.2 Å². The minimum Gasteiger partial charge on any atom is -0.357 e. The van der Waals surface area contributed by atoms with Crippen molar-refractivity contribution in [2.75, 3.05) is 17.9 Å². The lowest BCUT2D eigenvalue weighted by molar-refractivity contribution is -0.140. The second kappa shape index (κ2) is 12.7. The monoisotopic (exact) mass is 575 g/mol. The molecule has 0 fully saturated rings. The lowest BCUT2D eigenvalue weighted by Gasteiger charge is -2.33. The van der Waals surface area contributed by atoms with Crippen molar-refractivity contribution in [2.45, 2.75) is 44.7 Å². The maximum atomic E-state index is 14.0. The third kappa shape index (κ3) is 6.67. The Labute approximate surface area is 234 Å². The van der Waals surface area contributed by atoms with E-state index in [1.54, 1.807) is 55.5 Å². The molecule has 0 heterocycles. The fraction of sp³-hybridized carbons (Fsp3) is 0.286. The normalized spacial score (nSPS) is 12.1. The van der Waals surface area contributed by atoms with Crippen LogP contribution in [0.3, 0.4) is 0 Å². The molecule has 1 N–H and O–H groups in total. The predicted octanol–water partition coefficient (Wildman–Crippen LogP) is 5.36. The van der Waals surface area contributed by atoms with Gasteiger partial charge in [-0.3, -0.25) is 13.9 Å². The molecule has 0 aromatic heterocycles. The fourth-order valence-corrected chi connectivity index (χ4v) is 6.22. The van der Waals surface area contributed by atoms with Crippen LogP contribution in [0.25, 0.3) is 0 Å². The summed E-state index contributed by atoms with van der Waals surface area (Å²) in [5.41, 5.74) is 2.51. The molecule has 2 amide bonds.